The molecular weight excluding hydrogens is 448 g/mol. The molecule has 4 aromatic rings. The second-order valence-electron chi connectivity index (χ2n) is 9.05. The van der Waals surface area contributed by atoms with Gasteiger partial charge >= 0.3 is 0 Å². The van der Waals surface area contributed by atoms with Crippen LogP contribution in [0.3, 0.4) is 0 Å². The number of nitrogens with zero attached hydrogens (tertiary/aromatic N) is 5. The monoisotopic (exact) mass is 476 g/mol. The van der Waals surface area contributed by atoms with Crippen molar-refractivity contribution in [3.05, 3.63) is 59.7 Å². The molecule has 2 aliphatic heterocycles. The molecule has 5 heterocycles. The lowest BCUT2D eigenvalue weighted by Gasteiger charge is -2.46. The predicted molar refractivity (Wildman–Crippen MR) is 133 cm³/mol. The number of anilines is 2. The van der Waals surface area contributed by atoms with Crippen LogP contribution < -0.4 is 15.0 Å². The number of pyridine rings is 1. The number of benzene rings is 1. The van der Waals surface area contributed by atoms with Gasteiger partial charge in [0.05, 0.1) is 12.0 Å². The fourth-order valence-electron chi connectivity index (χ4n) is 4.98. The average Bonchev–Trinajstić information content (AvgIpc) is 3.57. The van der Waals surface area contributed by atoms with E-state index in [9.17, 15) is 0 Å². The van der Waals surface area contributed by atoms with Gasteiger partial charge < -0.3 is 19.5 Å². The zero-order valence-corrected chi connectivity index (χ0v) is 19.8. The van der Waals surface area contributed by atoms with Crippen molar-refractivity contribution in [2.45, 2.75) is 25.4 Å². The van der Waals surface area contributed by atoms with Gasteiger partial charge in [-0.15, -0.1) is 11.3 Å². The molecule has 2 atom stereocenters. The number of piperidine rings is 1. The van der Waals surface area contributed by atoms with Gasteiger partial charge in [-0.3, -0.25) is 4.90 Å². The Morgan fingerprint density at radius 2 is 2.06 bits per heavy atom. The minimum absolute atomic E-state index is 0.531. The SMILES string of the molecule is c1ccc2c(N3CCN4C[C@H](COc5ccc(CNc6nccs6)cn5)CC[C@H]4C3)noc2c1. The van der Waals surface area contributed by atoms with Crippen molar-refractivity contribution >= 4 is 33.3 Å². The quantitative estimate of drug-likeness (QED) is 0.424. The van der Waals surface area contributed by atoms with Crippen LogP contribution in [0.15, 0.2) is 58.7 Å². The highest BCUT2D eigenvalue weighted by molar-refractivity contribution is 7.13. The van der Waals surface area contributed by atoms with E-state index >= 15 is 0 Å². The molecule has 34 heavy (non-hydrogen) atoms. The van der Waals surface area contributed by atoms with E-state index in [2.05, 4.69) is 42.4 Å². The molecule has 1 aromatic carbocycles. The third-order valence-electron chi connectivity index (χ3n) is 6.80. The summed E-state index contributed by atoms with van der Waals surface area (Å²) in [5, 5.41) is 11.7. The lowest BCUT2D eigenvalue weighted by molar-refractivity contribution is 0.0717. The van der Waals surface area contributed by atoms with E-state index in [1.54, 1.807) is 17.5 Å². The molecule has 2 saturated heterocycles. The maximum Gasteiger partial charge on any atom is 0.213 e. The summed E-state index contributed by atoms with van der Waals surface area (Å²) >= 11 is 1.60. The van der Waals surface area contributed by atoms with Crippen LogP contribution in [0.1, 0.15) is 18.4 Å². The Bertz CT molecular complexity index is 1210. The number of nitrogens with one attached hydrogen (secondary N) is 1. The van der Waals surface area contributed by atoms with Gasteiger partial charge in [0.1, 0.15) is 0 Å². The van der Waals surface area contributed by atoms with Crippen LogP contribution in [-0.4, -0.2) is 58.9 Å². The van der Waals surface area contributed by atoms with Crippen molar-refractivity contribution < 1.29 is 9.26 Å². The lowest BCUT2D eigenvalue weighted by atomic mass is 9.91. The number of piperazine rings is 1. The minimum atomic E-state index is 0.531. The van der Waals surface area contributed by atoms with E-state index in [4.69, 9.17) is 9.26 Å². The summed E-state index contributed by atoms with van der Waals surface area (Å²) in [6.45, 7) is 5.52. The first-order valence-corrected chi connectivity index (χ1v) is 12.7. The first kappa shape index (κ1) is 21.4. The van der Waals surface area contributed by atoms with Crippen molar-refractivity contribution in [3.63, 3.8) is 0 Å². The molecule has 0 saturated carbocycles. The van der Waals surface area contributed by atoms with Gasteiger partial charge in [0, 0.05) is 68.5 Å². The molecule has 0 spiro atoms. The number of aromatic nitrogens is 3. The number of rotatable bonds is 7. The number of hydrogen-bond donors (Lipinski definition) is 1. The Balaban J connectivity index is 0.987. The van der Waals surface area contributed by atoms with Gasteiger partial charge in [-0.05, 0) is 30.5 Å². The summed E-state index contributed by atoms with van der Waals surface area (Å²) in [7, 11) is 0. The molecule has 8 nitrogen and oxygen atoms in total. The van der Waals surface area contributed by atoms with E-state index in [1.165, 1.54) is 12.8 Å². The minimum Gasteiger partial charge on any atom is -0.477 e. The molecular formula is C25H28N6O2S. The Morgan fingerprint density at radius 1 is 1.09 bits per heavy atom. The Hall–Kier alpha value is -3.17. The van der Waals surface area contributed by atoms with Gasteiger partial charge in [-0.25, -0.2) is 9.97 Å². The van der Waals surface area contributed by atoms with Crippen LogP contribution >= 0.6 is 11.3 Å². The van der Waals surface area contributed by atoms with Gasteiger partial charge in [0.2, 0.25) is 5.88 Å². The predicted octanol–water partition coefficient (Wildman–Crippen LogP) is 4.27. The van der Waals surface area contributed by atoms with Crippen molar-refractivity contribution in [1.82, 2.24) is 20.0 Å². The molecule has 2 fully saturated rings. The zero-order chi connectivity index (χ0) is 22.7. The molecule has 1 N–H and O–H groups in total. The number of fused-ring (bicyclic) bond motifs is 2. The third kappa shape index (κ3) is 4.58. The summed E-state index contributed by atoms with van der Waals surface area (Å²) < 4.78 is 11.6. The van der Waals surface area contributed by atoms with Crippen molar-refractivity contribution in [1.29, 1.82) is 0 Å². The van der Waals surface area contributed by atoms with Gasteiger partial charge in [0.15, 0.2) is 16.5 Å². The summed E-state index contributed by atoms with van der Waals surface area (Å²) in [4.78, 5) is 13.7. The fourth-order valence-corrected chi connectivity index (χ4v) is 5.51. The molecule has 9 heteroatoms. The standard InChI is InChI=1S/C25H28N6O2S/c1-2-4-22-21(3-1)24(29-33-22)31-11-10-30-15-19(5-7-20(30)16-31)17-32-23-8-6-18(13-27-23)14-28-25-26-9-12-34-25/h1-4,6,8-9,12-13,19-20H,5,7,10-11,14-17H2,(H,26,28)/t19-,20+/m1/s1. The van der Waals surface area contributed by atoms with Crippen LogP contribution in [0, 0.1) is 5.92 Å². The van der Waals surface area contributed by atoms with Gasteiger partial charge in [-0.2, -0.15) is 0 Å². The van der Waals surface area contributed by atoms with Crippen LogP contribution in [0.5, 0.6) is 5.88 Å². The Morgan fingerprint density at radius 3 is 2.94 bits per heavy atom. The number of hydrogen-bond acceptors (Lipinski definition) is 9. The second kappa shape index (κ2) is 9.60. The molecule has 2 aliphatic rings. The van der Waals surface area contributed by atoms with Crippen LogP contribution in [-0.2, 0) is 6.54 Å². The lowest BCUT2D eigenvalue weighted by Crippen LogP contribution is -2.57. The Labute approximate surface area is 202 Å². The first-order chi connectivity index (χ1) is 16.8. The van der Waals surface area contributed by atoms with Crippen LogP contribution in [0.2, 0.25) is 0 Å². The van der Waals surface area contributed by atoms with E-state index < -0.39 is 0 Å². The third-order valence-corrected chi connectivity index (χ3v) is 7.53. The number of thiazole rings is 1. The topological polar surface area (TPSA) is 79.5 Å². The summed E-state index contributed by atoms with van der Waals surface area (Å²) in [5.74, 6) is 2.21. The van der Waals surface area contributed by atoms with E-state index in [1.807, 2.05) is 35.8 Å². The van der Waals surface area contributed by atoms with Gasteiger partial charge in [0.25, 0.3) is 0 Å². The largest absolute Gasteiger partial charge is 0.477 e. The molecule has 0 unspecified atom stereocenters. The number of para-hydroxylation sites is 1. The number of ether oxygens (including phenoxy) is 1. The van der Waals surface area contributed by atoms with Crippen LogP contribution in [0.25, 0.3) is 11.0 Å². The fraction of sp³-hybridized carbons (Fsp3) is 0.400. The normalized spacial score (nSPS) is 20.9. The molecule has 0 radical (unpaired) electrons. The molecule has 176 valence electrons. The average molecular weight is 477 g/mol. The molecule has 3 aromatic heterocycles. The van der Waals surface area contributed by atoms with Crippen molar-refractivity contribution in [2.24, 2.45) is 5.92 Å². The summed E-state index contributed by atoms with van der Waals surface area (Å²) in [6, 6.07) is 12.7. The first-order valence-electron chi connectivity index (χ1n) is 11.9. The van der Waals surface area contributed by atoms with E-state index in [0.717, 1.165) is 53.7 Å². The smallest absolute Gasteiger partial charge is 0.213 e. The second-order valence-corrected chi connectivity index (χ2v) is 9.94. The van der Waals surface area contributed by atoms with E-state index in [0.29, 0.717) is 31.0 Å². The summed E-state index contributed by atoms with van der Waals surface area (Å²) in [6.07, 6.45) is 6.02. The maximum absolute atomic E-state index is 6.06. The molecule has 0 aliphatic carbocycles. The Kier molecular flexibility index (Phi) is 6.03. The summed E-state index contributed by atoms with van der Waals surface area (Å²) in [5.41, 5.74) is 1.97. The molecule has 6 rings (SSSR count). The molecule has 0 bridgehead atoms. The maximum atomic E-state index is 6.06. The van der Waals surface area contributed by atoms with Crippen LogP contribution in [0.4, 0.5) is 10.9 Å². The van der Waals surface area contributed by atoms with E-state index in [-0.39, 0.29) is 0 Å². The molecule has 0 amide bonds. The highest BCUT2D eigenvalue weighted by atomic mass is 32.1. The highest BCUT2D eigenvalue weighted by Gasteiger charge is 2.34. The van der Waals surface area contributed by atoms with Gasteiger partial charge in [-0.1, -0.05) is 23.4 Å². The zero-order valence-electron chi connectivity index (χ0n) is 19.0. The highest BCUT2D eigenvalue weighted by Crippen LogP contribution is 2.31. The van der Waals surface area contributed by atoms with Crippen molar-refractivity contribution in [2.75, 3.05) is 43.0 Å². The van der Waals surface area contributed by atoms with Crippen molar-refractivity contribution in [3.8, 4) is 5.88 Å².